The van der Waals surface area contributed by atoms with Crippen LogP contribution in [0.1, 0.15) is 27.4 Å². The third-order valence-electron chi connectivity index (χ3n) is 4.87. The minimum Gasteiger partial charge on any atom is -0.368 e. The van der Waals surface area contributed by atoms with Crippen LogP contribution in [0.2, 0.25) is 0 Å². The maximum atomic E-state index is 13.0. The molecule has 0 atom stereocenters. The number of carbonyl (C=O) groups excluding carboxylic acids is 1. The average molecular weight is 418 g/mol. The summed E-state index contributed by atoms with van der Waals surface area (Å²) >= 11 is 0. The molecule has 0 aliphatic heterocycles. The summed E-state index contributed by atoms with van der Waals surface area (Å²) in [7, 11) is 0. The third-order valence-corrected chi connectivity index (χ3v) is 4.87. The molecule has 1 amide bonds. The number of hydrogen-bond donors (Lipinski definition) is 2. The molecule has 158 valence electrons. The lowest BCUT2D eigenvalue weighted by atomic mass is 10.2. The van der Waals surface area contributed by atoms with E-state index >= 15 is 0 Å². The zero-order valence-electron chi connectivity index (χ0n) is 17.6. The van der Waals surface area contributed by atoms with Gasteiger partial charge in [0, 0.05) is 18.7 Å². The quantitative estimate of drug-likeness (QED) is 0.466. The van der Waals surface area contributed by atoms with Crippen molar-refractivity contribution in [2.75, 3.05) is 18.4 Å². The van der Waals surface area contributed by atoms with Crippen molar-refractivity contribution < 1.29 is 9.18 Å². The molecular weight excluding hydrogens is 395 g/mol. The van der Waals surface area contributed by atoms with Crippen molar-refractivity contribution in [1.29, 1.82) is 0 Å². The van der Waals surface area contributed by atoms with Crippen LogP contribution in [0, 0.1) is 26.6 Å². The van der Waals surface area contributed by atoms with Crippen molar-refractivity contribution in [1.82, 2.24) is 25.1 Å². The van der Waals surface area contributed by atoms with Crippen LogP contribution in [0.4, 0.5) is 10.2 Å². The van der Waals surface area contributed by atoms with Crippen molar-refractivity contribution in [2.24, 2.45) is 0 Å². The summed E-state index contributed by atoms with van der Waals surface area (Å²) in [5, 5.41) is 11.6. The molecule has 31 heavy (non-hydrogen) atoms. The summed E-state index contributed by atoms with van der Waals surface area (Å²) in [5.74, 6) is 0.672. The molecule has 0 spiro atoms. The van der Waals surface area contributed by atoms with Gasteiger partial charge in [-0.2, -0.15) is 5.10 Å². The molecule has 2 aromatic carbocycles. The molecule has 4 rings (SSSR count). The molecule has 0 saturated heterocycles. The van der Waals surface area contributed by atoms with Gasteiger partial charge in [-0.15, -0.1) is 0 Å². The summed E-state index contributed by atoms with van der Waals surface area (Å²) in [6.45, 7) is 6.65. The van der Waals surface area contributed by atoms with E-state index in [9.17, 15) is 9.18 Å². The van der Waals surface area contributed by atoms with Crippen molar-refractivity contribution in [3.63, 3.8) is 0 Å². The molecule has 8 heteroatoms. The number of aromatic nitrogens is 4. The second kappa shape index (κ2) is 8.51. The lowest BCUT2D eigenvalue weighted by Crippen LogP contribution is -2.29. The molecule has 0 unspecified atom stereocenters. The van der Waals surface area contributed by atoms with E-state index in [0.29, 0.717) is 30.3 Å². The number of benzene rings is 2. The van der Waals surface area contributed by atoms with Crippen LogP contribution in [0.25, 0.3) is 16.7 Å². The molecule has 0 saturated carbocycles. The summed E-state index contributed by atoms with van der Waals surface area (Å²) in [6, 6.07) is 13.5. The third kappa shape index (κ3) is 4.37. The van der Waals surface area contributed by atoms with Gasteiger partial charge in [-0.3, -0.25) is 4.79 Å². The number of halogens is 1. The Hall–Kier alpha value is -3.81. The monoisotopic (exact) mass is 418 g/mol. The molecule has 0 fully saturated rings. The average Bonchev–Trinajstić information content (AvgIpc) is 3.07. The Balaban J connectivity index is 1.51. The summed E-state index contributed by atoms with van der Waals surface area (Å²) in [5.41, 5.74) is 4.04. The number of nitrogens with zero attached hydrogens (tertiary/aromatic N) is 4. The SMILES string of the molecule is Cc1cccc(-n2nc(C)c3c(NCCNC(=O)c4ccc(F)cc4)nc(C)nc32)c1. The molecular formula is C23H23FN6O. The van der Waals surface area contributed by atoms with Gasteiger partial charge >= 0.3 is 0 Å². The highest BCUT2D eigenvalue weighted by atomic mass is 19.1. The van der Waals surface area contributed by atoms with Crippen molar-refractivity contribution in [3.05, 3.63) is 77.0 Å². The second-order valence-corrected chi connectivity index (χ2v) is 7.34. The van der Waals surface area contributed by atoms with Crippen molar-refractivity contribution >= 4 is 22.8 Å². The lowest BCUT2D eigenvalue weighted by molar-refractivity contribution is 0.0955. The molecule has 2 N–H and O–H groups in total. The maximum absolute atomic E-state index is 13.0. The molecule has 2 heterocycles. The fourth-order valence-corrected chi connectivity index (χ4v) is 3.42. The first-order chi connectivity index (χ1) is 14.9. The van der Waals surface area contributed by atoms with Gasteiger partial charge in [0.05, 0.1) is 16.8 Å². The standard InChI is InChI=1S/C23H23FN6O/c1-14-5-4-6-19(13-14)30-22-20(15(2)29-30)21(27-16(3)28-22)25-11-12-26-23(31)17-7-9-18(24)10-8-17/h4-10,13H,11-12H2,1-3H3,(H,26,31)(H,25,27,28). The van der Waals surface area contributed by atoms with Crippen LogP contribution in [0.3, 0.4) is 0 Å². The first-order valence-electron chi connectivity index (χ1n) is 10.0. The number of hydrogen-bond acceptors (Lipinski definition) is 5. The van der Waals surface area contributed by atoms with E-state index in [1.54, 1.807) is 0 Å². The molecule has 4 aromatic rings. The molecule has 0 aliphatic carbocycles. The number of fused-ring (bicyclic) bond motifs is 1. The first-order valence-corrected chi connectivity index (χ1v) is 10.0. The minimum atomic E-state index is -0.372. The van der Waals surface area contributed by atoms with Crippen LogP contribution in [-0.4, -0.2) is 38.7 Å². The number of rotatable bonds is 6. The van der Waals surface area contributed by atoms with Gasteiger partial charge in [-0.05, 0) is 62.7 Å². The Morgan fingerprint density at radius 3 is 2.55 bits per heavy atom. The van der Waals surface area contributed by atoms with Gasteiger partial charge in [0.2, 0.25) is 0 Å². The zero-order chi connectivity index (χ0) is 22.0. The highest BCUT2D eigenvalue weighted by molar-refractivity contribution is 5.94. The fraction of sp³-hybridized carbons (Fsp3) is 0.217. The van der Waals surface area contributed by atoms with Gasteiger partial charge < -0.3 is 10.6 Å². The van der Waals surface area contributed by atoms with Crippen LogP contribution >= 0.6 is 0 Å². The van der Waals surface area contributed by atoms with Crippen LogP contribution in [0.15, 0.2) is 48.5 Å². The first kappa shape index (κ1) is 20.5. The number of anilines is 1. The minimum absolute atomic E-state index is 0.255. The molecule has 0 radical (unpaired) electrons. The van der Waals surface area contributed by atoms with E-state index in [-0.39, 0.29) is 11.7 Å². The Morgan fingerprint density at radius 2 is 1.81 bits per heavy atom. The Bertz CT molecular complexity index is 1250. The highest BCUT2D eigenvalue weighted by Crippen LogP contribution is 2.26. The van der Waals surface area contributed by atoms with E-state index in [0.717, 1.165) is 28.0 Å². The van der Waals surface area contributed by atoms with Crippen LogP contribution < -0.4 is 10.6 Å². The maximum Gasteiger partial charge on any atom is 0.251 e. The van der Waals surface area contributed by atoms with E-state index in [4.69, 9.17) is 0 Å². The fourth-order valence-electron chi connectivity index (χ4n) is 3.42. The van der Waals surface area contributed by atoms with Crippen LogP contribution in [0.5, 0.6) is 0 Å². The number of aryl methyl sites for hydroxylation is 3. The molecule has 0 aliphatic rings. The van der Waals surface area contributed by atoms with E-state index < -0.39 is 0 Å². The van der Waals surface area contributed by atoms with E-state index in [1.165, 1.54) is 24.3 Å². The molecule has 0 bridgehead atoms. The van der Waals surface area contributed by atoms with Gasteiger partial charge in [0.25, 0.3) is 5.91 Å². The van der Waals surface area contributed by atoms with Gasteiger partial charge in [-0.25, -0.2) is 19.0 Å². The normalized spacial score (nSPS) is 11.0. The summed E-state index contributed by atoms with van der Waals surface area (Å²) < 4.78 is 14.8. The molecule has 7 nitrogen and oxygen atoms in total. The number of amides is 1. The van der Waals surface area contributed by atoms with Gasteiger partial charge in [0.15, 0.2) is 5.65 Å². The van der Waals surface area contributed by atoms with E-state index in [1.807, 2.05) is 43.7 Å². The lowest BCUT2D eigenvalue weighted by Gasteiger charge is -2.10. The van der Waals surface area contributed by atoms with Crippen molar-refractivity contribution in [2.45, 2.75) is 20.8 Å². The Labute approximate surface area is 179 Å². The predicted molar refractivity (Wildman–Crippen MR) is 118 cm³/mol. The number of nitrogens with one attached hydrogen (secondary N) is 2. The second-order valence-electron chi connectivity index (χ2n) is 7.34. The zero-order valence-corrected chi connectivity index (χ0v) is 17.6. The highest BCUT2D eigenvalue weighted by Gasteiger charge is 2.16. The van der Waals surface area contributed by atoms with E-state index in [2.05, 4.69) is 31.8 Å². The largest absolute Gasteiger partial charge is 0.368 e. The Kier molecular flexibility index (Phi) is 5.62. The van der Waals surface area contributed by atoms with Gasteiger partial charge in [0.1, 0.15) is 17.5 Å². The van der Waals surface area contributed by atoms with Crippen LogP contribution in [-0.2, 0) is 0 Å². The Morgan fingerprint density at radius 1 is 1.03 bits per heavy atom. The van der Waals surface area contributed by atoms with Gasteiger partial charge in [-0.1, -0.05) is 12.1 Å². The summed E-state index contributed by atoms with van der Waals surface area (Å²) in [6.07, 6.45) is 0. The predicted octanol–water partition coefficient (Wildman–Crippen LogP) is 3.72. The smallest absolute Gasteiger partial charge is 0.251 e. The number of carbonyl (C=O) groups is 1. The summed E-state index contributed by atoms with van der Waals surface area (Å²) in [4.78, 5) is 21.3. The molecule has 2 aromatic heterocycles. The topological polar surface area (TPSA) is 84.7 Å². The van der Waals surface area contributed by atoms with Crippen molar-refractivity contribution in [3.8, 4) is 5.69 Å².